The molecule has 0 saturated heterocycles. The average Bonchev–Trinajstić information content (AvgIpc) is 2.07. The molecule has 1 aliphatic heterocycles. The van der Waals surface area contributed by atoms with E-state index in [-0.39, 0.29) is 6.04 Å². The third-order valence-electron chi connectivity index (χ3n) is 1.82. The van der Waals surface area contributed by atoms with Gasteiger partial charge in [-0.1, -0.05) is 6.92 Å². The fourth-order valence-corrected chi connectivity index (χ4v) is 1.15. The van der Waals surface area contributed by atoms with E-state index in [1.165, 1.54) is 0 Å². The summed E-state index contributed by atoms with van der Waals surface area (Å²) in [5.41, 5.74) is 5.66. The van der Waals surface area contributed by atoms with Crippen LogP contribution < -0.4 is 16.4 Å². The van der Waals surface area contributed by atoms with E-state index < -0.39 is 0 Å². The van der Waals surface area contributed by atoms with Crippen molar-refractivity contribution in [1.82, 2.24) is 10.6 Å². The van der Waals surface area contributed by atoms with Crippen molar-refractivity contribution in [3.05, 3.63) is 0 Å². The second-order valence-electron chi connectivity index (χ2n) is 3.91. The van der Waals surface area contributed by atoms with Gasteiger partial charge in [0, 0.05) is 19.1 Å². The van der Waals surface area contributed by atoms with Crippen molar-refractivity contribution in [2.24, 2.45) is 21.6 Å². The van der Waals surface area contributed by atoms with Crippen LogP contribution in [0, 0.1) is 5.92 Å². The molecule has 4 N–H and O–H groups in total. The first kappa shape index (κ1) is 10.8. The summed E-state index contributed by atoms with van der Waals surface area (Å²) in [6, 6.07) is 0.200. The van der Waals surface area contributed by atoms with Crippen molar-refractivity contribution < 1.29 is 0 Å². The molecule has 1 aliphatic rings. The Labute approximate surface area is 84.9 Å². The number of nitrogens with two attached hydrogens (primary N) is 1. The molecule has 0 aliphatic carbocycles. The maximum Gasteiger partial charge on any atom is 0.198 e. The Morgan fingerprint density at radius 2 is 2.43 bits per heavy atom. The zero-order valence-corrected chi connectivity index (χ0v) is 9.04. The minimum atomic E-state index is 0.200. The Morgan fingerprint density at radius 1 is 1.71 bits per heavy atom. The summed E-state index contributed by atoms with van der Waals surface area (Å²) in [5, 5.41) is 6.09. The lowest BCUT2D eigenvalue weighted by Gasteiger charge is -2.20. The van der Waals surface area contributed by atoms with Crippen molar-refractivity contribution >= 4 is 11.9 Å². The van der Waals surface area contributed by atoms with Crippen molar-refractivity contribution in [3.8, 4) is 0 Å². The van der Waals surface area contributed by atoms with Crippen LogP contribution in [0.4, 0.5) is 0 Å². The Balaban J connectivity index is 2.45. The normalized spacial score (nSPS) is 23.0. The Kier molecular flexibility index (Phi) is 3.73. The maximum absolute atomic E-state index is 5.66. The van der Waals surface area contributed by atoms with E-state index in [0.29, 0.717) is 11.9 Å². The molecule has 0 aromatic carbocycles. The number of guanidine groups is 2. The first-order chi connectivity index (χ1) is 6.58. The molecule has 0 bridgehead atoms. The molecule has 80 valence electrons. The minimum absolute atomic E-state index is 0.200. The molecule has 5 nitrogen and oxygen atoms in total. The fraction of sp³-hybridized carbons (Fsp3) is 0.778. The number of hydrogen-bond donors (Lipinski definition) is 3. The summed E-state index contributed by atoms with van der Waals surface area (Å²) in [5.74, 6) is 1.73. The molecule has 0 aromatic heterocycles. The van der Waals surface area contributed by atoms with Crippen molar-refractivity contribution in [2.75, 3.05) is 13.1 Å². The van der Waals surface area contributed by atoms with Crippen LogP contribution in [0.2, 0.25) is 0 Å². The van der Waals surface area contributed by atoms with E-state index in [2.05, 4.69) is 27.5 Å². The van der Waals surface area contributed by atoms with E-state index in [1.54, 1.807) is 0 Å². The molecule has 1 unspecified atom stereocenters. The average molecular weight is 197 g/mol. The van der Waals surface area contributed by atoms with E-state index in [0.717, 1.165) is 19.0 Å². The highest BCUT2D eigenvalue weighted by Gasteiger charge is 2.10. The van der Waals surface area contributed by atoms with Crippen LogP contribution >= 0.6 is 0 Å². The lowest BCUT2D eigenvalue weighted by molar-refractivity contribution is 0.548. The summed E-state index contributed by atoms with van der Waals surface area (Å²) in [6.07, 6.45) is 0. The first-order valence-corrected chi connectivity index (χ1v) is 4.96. The SMILES string of the molecule is CC1CN=C(NC(N)=NC(C)C)NC1. The van der Waals surface area contributed by atoms with E-state index >= 15 is 0 Å². The van der Waals surface area contributed by atoms with Crippen LogP contribution in [0.5, 0.6) is 0 Å². The van der Waals surface area contributed by atoms with Crippen molar-refractivity contribution in [2.45, 2.75) is 26.8 Å². The maximum atomic E-state index is 5.66. The molecule has 0 saturated carbocycles. The molecule has 1 heterocycles. The first-order valence-electron chi connectivity index (χ1n) is 4.96. The second kappa shape index (κ2) is 4.83. The van der Waals surface area contributed by atoms with Crippen LogP contribution in [0.25, 0.3) is 0 Å². The van der Waals surface area contributed by atoms with Crippen LogP contribution in [-0.2, 0) is 0 Å². The summed E-state index contributed by atoms with van der Waals surface area (Å²) >= 11 is 0. The molecular formula is C9H19N5. The molecule has 0 spiro atoms. The summed E-state index contributed by atoms with van der Waals surface area (Å²) in [4.78, 5) is 8.44. The van der Waals surface area contributed by atoms with Crippen molar-refractivity contribution in [1.29, 1.82) is 0 Å². The van der Waals surface area contributed by atoms with Gasteiger partial charge in [0.1, 0.15) is 0 Å². The van der Waals surface area contributed by atoms with Crippen LogP contribution in [-0.4, -0.2) is 31.1 Å². The third kappa shape index (κ3) is 3.64. The van der Waals surface area contributed by atoms with Gasteiger partial charge in [-0.3, -0.25) is 15.3 Å². The summed E-state index contributed by atoms with van der Waals surface area (Å²) in [7, 11) is 0. The quantitative estimate of drug-likeness (QED) is 0.406. The summed E-state index contributed by atoms with van der Waals surface area (Å²) in [6.45, 7) is 7.88. The van der Waals surface area contributed by atoms with Gasteiger partial charge < -0.3 is 11.1 Å². The molecule has 0 aromatic rings. The van der Waals surface area contributed by atoms with E-state index in [9.17, 15) is 0 Å². The predicted molar refractivity (Wildman–Crippen MR) is 59.4 cm³/mol. The second-order valence-corrected chi connectivity index (χ2v) is 3.91. The Hall–Kier alpha value is -1.26. The monoisotopic (exact) mass is 197 g/mol. The highest BCUT2D eigenvalue weighted by Crippen LogP contribution is 1.97. The Bertz CT molecular complexity index is 244. The number of nitrogens with zero attached hydrogens (tertiary/aromatic N) is 2. The van der Waals surface area contributed by atoms with Gasteiger partial charge in [-0.2, -0.15) is 0 Å². The van der Waals surface area contributed by atoms with E-state index in [1.807, 2.05) is 13.8 Å². The van der Waals surface area contributed by atoms with Gasteiger partial charge in [0.25, 0.3) is 0 Å². The standard InChI is InChI=1S/C9H19N5/c1-6(2)13-8(10)14-9-11-4-7(3)5-12-9/h6-7H,4-5H2,1-3H3,(H4,10,11,12,13,14). The minimum Gasteiger partial charge on any atom is -0.370 e. The van der Waals surface area contributed by atoms with Gasteiger partial charge in [-0.05, 0) is 19.8 Å². The van der Waals surface area contributed by atoms with Crippen molar-refractivity contribution in [3.63, 3.8) is 0 Å². The molecule has 0 fully saturated rings. The topological polar surface area (TPSA) is 74.8 Å². The zero-order valence-electron chi connectivity index (χ0n) is 9.04. The molecule has 14 heavy (non-hydrogen) atoms. The predicted octanol–water partition coefficient (Wildman–Crippen LogP) is -0.106. The van der Waals surface area contributed by atoms with Crippen LogP contribution in [0.15, 0.2) is 9.98 Å². The molecule has 0 radical (unpaired) electrons. The highest BCUT2D eigenvalue weighted by atomic mass is 15.2. The number of rotatable bonds is 1. The van der Waals surface area contributed by atoms with Gasteiger partial charge in [0.2, 0.25) is 0 Å². The lowest BCUT2D eigenvalue weighted by atomic mass is 10.2. The Morgan fingerprint density at radius 3 is 2.93 bits per heavy atom. The van der Waals surface area contributed by atoms with Gasteiger partial charge in [-0.15, -0.1) is 0 Å². The van der Waals surface area contributed by atoms with E-state index in [4.69, 9.17) is 5.73 Å². The van der Waals surface area contributed by atoms with Gasteiger partial charge in [0.15, 0.2) is 11.9 Å². The van der Waals surface area contributed by atoms with Gasteiger partial charge in [0.05, 0.1) is 0 Å². The molecular weight excluding hydrogens is 178 g/mol. The smallest absolute Gasteiger partial charge is 0.198 e. The number of aliphatic imine (C=N–C) groups is 2. The van der Waals surface area contributed by atoms with Gasteiger partial charge >= 0.3 is 0 Å². The lowest BCUT2D eigenvalue weighted by Crippen LogP contribution is -2.48. The third-order valence-corrected chi connectivity index (χ3v) is 1.82. The van der Waals surface area contributed by atoms with Crippen LogP contribution in [0.3, 0.4) is 0 Å². The molecule has 0 amide bonds. The summed E-state index contributed by atoms with van der Waals surface area (Å²) < 4.78 is 0. The fourth-order valence-electron chi connectivity index (χ4n) is 1.15. The number of hydrogen-bond acceptors (Lipinski definition) is 3. The molecule has 1 rings (SSSR count). The number of nitrogens with one attached hydrogen (secondary N) is 2. The highest BCUT2D eigenvalue weighted by molar-refractivity contribution is 5.98. The molecule has 1 atom stereocenters. The zero-order chi connectivity index (χ0) is 10.6. The molecule has 5 heteroatoms. The largest absolute Gasteiger partial charge is 0.370 e. The van der Waals surface area contributed by atoms with Gasteiger partial charge in [-0.25, -0.2) is 0 Å². The van der Waals surface area contributed by atoms with Crippen LogP contribution in [0.1, 0.15) is 20.8 Å².